The van der Waals surface area contributed by atoms with E-state index >= 15 is 0 Å². The summed E-state index contributed by atoms with van der Waals surface area (Å²) in [4.78, 5) is 18.4. The third-order valence-electron chi connectivity index (χ3n) is 7.14. The summed E-state index contributed by atoms with van der Waals surface area (Å²) >= 11 is 1.35. The van der Waals surface area contributed by atoms with Gasteiger partial charge in [0.1, 0.15) is 23.2 Å². The van der Waals surface area contributed by atoms with Gasteiger partial charge >= 0.3 is 5.97 Å². The highest BCUT2D eigenvalue weighted by atomic mass is 32.2. The van der Waals surface area contributed by atoms with Gasteiger partial charge in [0.25, 0.3) is 0 Å². The van der Waals surface area contributed by atoms with E-state index in [-0.39, 0.29) is 30.2 Å². The number of aliphatic hydroxyl groups excluding tert-OH is 1. The fraction of sp³-hybridized carbons (Fsp3) is 0.429. The lowest BCUT2D eigenvalue weighted by molar-refractivity contribution is -0.139. The van der Waals surface area contributed by atoms with E-state index in [1.807, 2.05) is 0 Å². The standard InChI is InChI=1S/C28H31F3N2O4S/c1-37-21-3-4-25-23(14-21)28(24(31)15-32-25)26(34)5-2-17-6-7-33(16-18(17)10-27(35)36)8-9-38-22-12-19(29)11-20(30)13-22/h3-4,11-15,17-18,26,34H,2,5-10,16H2,1H3,(H,35,36)/t17-,18+,26+/m1/s1. The number of carboxylic acid groups (broad SMARTS) is 1. The van der Waals surface area contributed by atoms with Gasteiger partial charge in [-0.3, -0.25) is 9.78 Å². The smallest absolute Gasteiger partial charge is 0.303 e. The Morgan fingerprint density at radius 1 is 1.18 bits per heavy atom. The highest BCUT2D eigenvalue weighted by Gasteiger charge is 2.31. The van der Waals surface area contributed by atoms with Gasteiger partial charge in [0.05, 0.1) is 24.9 Å². The highest BCUT2D eigenvalue weighted by molar-refractivity contribution is 7.99. The van der Waals surface area contributed by atoms with Gasteiger partial charge in [-0.1, -0.05) is 0 Å². The quantitative estimate of drug-likeness (QED) is 0.299. The number of aromatic nitrogens is 1. The van der Waals surface area contributed by atoms with E-state index in [0.29, 0.717) is 46.8 Å². The van der Waals surface area contributed by atoms with Crippen LogP contribution in [0.5, 0.6) is 5.75 Å². The van der Waals surface area contributed by atoms with Crippen molar-refractivity contribution in [2.45, 2.75) is 36.7 Å². The summed E-state index contributed by atoms with van der Waals surface area (Å²) in [5, 5.41) is 21.0. The maximum absolute atomic E-state index is 14.8. The first-order valence-electron chi connectivity index (χ1n) is 12.6. The van der Waals surface area contributed by atoms with E-state index in [2.05, 4.69) is 9.88 Å². The number of benzene rings is 2. The van der Waals surface area contributed by atoms with Gasteiger partial charge in [-0.15, -0.1) is 11.8 Å². The summed E-state index contributed by atoms with van der Waals surface area (Å²) in [5.41, 5.74) is 0.726. The number of ether oxygens (including phenoxy) is 1. The Bertz CT molecular complexity index is 1260. The van der Waals surface area contributed by atoms with Crippen LogP contribution in [0.25, 0.3) is 10.9 Å². The van der Waals surface area contributed by atoms with Crippen molar-refractivity contribution >= 4 is 28.6 Å². The Hall–Kier alpha value is -2.82. The third kappa shape index (κ3) is 7.18. The van der Waals surface area contributed by atoms with Gasteiger partial charge in [-0.05, 0) is 68.0 Å². The normalized spacial score (nSPS) is 19.0. The second-order valence-electron chi connectivity index (χ2n) is 9.66. The molecule has 10 heteroatoms. The molecule has 2 N–H and O–H groups in total. The minimum absolute atomic E-state index is 0.00323. The lowest BCUT2D eigenvalue weighted by Gasteiger charge is -2.38. The Labute approximate surface area is 223 Å². The van der Waals surface area contributed by atoms with Crippen molar-refractivity contribution in [1.82, 2.24) is 9.88 Å². The molecule has 1 aliphatic rings. The largest absolute Gasteiger partial charge is 0.497 e. The molecule has 0 bridgehead atoms. The molecule has 0 amide bonds. The molecule has 3 aromatic rings. The molecule has 3 atom stereocenters. The molecule has 4 rings (SSSR count). The number of piperidine rings is 1. The van der Waals surface area contributed by atoms with Crippen LogP contribution < -0.4 is 4.74 Å². The SMILES string of the molecule is COc1ccc2ncc(F)c([C@@H](O)CC[C@@H]3CCN(CCSc4cc(F)cc(F)c4)C[C@@H]3CC(=O)O)c2c1. The molecule has 204 valence electrons. The number of likely N-dealkylation sites (tertiary alicyclic amines) is 1. The Morgan fingerprint density at radius 2 is 1.95 bits per heavy atom. The molecular formula is C28H31F3N2O4S. The van der Waals surface area contributed by atoms with Crippen LogP contribution in [0.1, 0.15) is 37.4 Å². The predicted octanol–water partition coefficient (Wildman–Crippen LogP) is 5.68. The number of rotatable bonds is 11. The van der Waals surface area contributed by atoms with Crippen molar-refractivity contribution < 1.29 is 32.9 Å². The summed E-state index contributed by atoms with van der Waals surface area (Å²) in [6.45, 7) is 1.98. The number of aliphatic hydroxyl groups is 1. The van der Waals surface area contributed by atoms with Crippen molar-refractivity contribution in [1.29, 1.82) is 0 Å². The monoisotopic (exact) mass is 548 g/mol. The maximum Gasteiger partial charge on any atom is 0.303 e. The van der Waals surface area contributed by atoms with E-state index in [4.69, 9.17) is 4.74 Å². The van der Waals surface area contributed by atoms with Gasteiger partial charge < -0.3 is 19.8 Å². The van der Waals surface area contributed by atoms with Crippen LogP contribution in [0.2, 0.25) is 0 Å². The molecule has 1 aliphatic heterocycles. The lowest BCUT2D eigenvalue weighted by atomic mass is 9.79. The number of aliphatic carboxylic acids is 1. The van der Waals surface area contributed by atoms with Crippen molar-refractivity contribution in [3.63, 3.8) is 0 Å². The van der Waals surface area contributed by atoms with Gasteiger partial charge in [-0.2, -0.15) is 0 Å². The molecule has 0 saturated carbocycles. The minimum Gasteiger partial charge on any atom is -0.497 e. The molecule has 0 aliphatic carbocycles. The first kappa shape index (κ1) is 28.2. The summed E-state index contributed by atoms with van der Waals surface area (Å²) in [7, 11) is 1.51. The first-order valence-corrected chi connectivity index (χ1v) is 13.5. The van der Waals surface area contributed by atoms with Gasteiger partial charge in [-0.25, -0.2) is 13.2 Å². The average Bonchev–Trinajstić information content (AvgIpc) is 2.86. The molecule has 1 aromatic heterocycles. The van der Waals surface area contributed by atoms with E-state index < -0.39 is 29.5 Å². The van der Waals surface area contributed by atoms with E-state index in [1.54, 1.807) is 18.2 Å². The fourth-order valence-electron chi connectivity index (χ4n) is 5.25. The number of nitrogens with zero attached hydrogens (tertiary/aromatic N) is 2. The molecule has 0 spiro atoms. The summed E-state index contributed by atoms with van der Waals surface area (Å²) < 4.78 is 46.9. The molecule has 1 fully saturated rings. The molecule has 38 heavy (non-hydrogen) atoms. The fourth-order valence-corrected chi connectivity index (χ4v) is 6.23. The number of carbonyl (C=O) groups is 1. The molecule has 0 radical (unpaired) electrons. The van der Waals surface area contributed by atoms with Crippen LogP contribution in [0.15, 0.2) is 47.5 Å². The number of carboxylic acids is 1. The maximum atomic E-state index is 14.8. The van der Waals surface area contributed by atoms with Crippen LogP contribution in [-0.4, -0.2) is 58.6 Å². The number of fused-ring (bicyclic) bond motifs is 1. The molecular weight excluding hydrogens is 517 g/mol. The molecule has 2 heterocycles. The second-order valence-corrected chi connectivity index (χ2v) is 10.8. The first-order chi connectivity index (χ1) is 18.2. The number of thioether (sulfide) groups is 1. The second kappa shape index (κ2) is 12.8. The minimum atomic E-state index is -1.07. The van der Waals surface area contributed by atoms with Crippen LogP contribution in [-0.2, 0) is 4.79 Å². The van der Waals surface area contributed by atoms with E-state index in [0.717, 1.165) is 25.2 Å². The van der Waals surface area contributed by atoms with Gasteiger partial charge in [0.2, 0.25) is 0 Å². The van der Waals surface area contributed by atoms with E-state index in [1.165, 1.54) is 31.0 Å². The number of hydrogen-bond donors (Lipinski definition) is 2. The average molecular weight is 549 g/mol. The third-order valence-corrected chi connectivity index (χ3v) is 8.09. The van der Waals surface area contributed by atoms with E-state index in [9.17, 15) is 28.2 Å². The van der Waals surface area contributed by atoms with Crippen LogP contribution in [0, 0.1) is 29.3 Å². The predicted molar refractivity (Wildman–Crippen MR) is 140 cm³/mol. The lowest BCUT2D eigenvalue weighted by Crippen LogP contribution is -2.42. The molecule has 2 aromatic carbocycles. The Balaban J connectivity index is 1.37. The number of hydrogen-bond acceptors (Lipinski definition) is 6. The molecule has 0 unspecified atom stereocenters. The zero-order valence-corrected chi connectivity index (χ0v) is 21.9. The Morgan fingerprint density at radius 3 is 2.66 bits per heavy atom. The van der Waals surface area contributed by atoms with Crippen molar-refractivity contribution in [3.05, 3.63) is 65.6 Å². The summed E-state index contributed by atoms with van der Waals surface area (Å²) in [6, 6.07) is 8.53. The number of halogens is 3. The van der Waals surface area contributed by atoms with Crippen LogP contribution >= 0.6 is 11.8 Å². The van der Waals surface area contributed by atoms with Crippen molar-refractivity contribution in [2.75, 3.05) is 32.5 Å². The zero-order chi connectivity index (χ0) is 27.2. The van der Waals surface area contributed by atoms with Crippen molar-refractivity contribution in [3.8, 4) is 5.75 Å². The van der Waals surface area contributed by atoms with Crippen molar-refractivity contribution in [2.24, 2.45) is 11.8 Å². The highest BCUT2D eigenvalue weighted by Crippen LogP contribution is 2.36. The Kier molecular flexibility index (Phi) is 9.51. The molecule has 1 saturated heterocycles. The topological polar surface area (TPSA) is 82.9 Å². The number of methoxy groups -OCH3 is 1. The number of pyridine rings is 1. The molecule has 6 nitrogen and oxygen atoms in total. The summed E-state index contributed by atoms with van der Waals surface area (Å²) in [5.74, 6) is -1.61. The van der Waals surface area contributed by atoms with Gasteiger partial charge in [0.15, 0.2) is 0 Å². The van der Waals surface area contributed by atoms with Crippen LogP contribution in [0.3, 0.4) is 0 Å². The zero-order valence-electron chi connectivity index (χ0n) is 21.1. The van der Waals surface area contributed by atoms with Crippen LogP contribution in [0.4, 0.5) is 13.2 Å². The summed E-state index contributed by atoms with van der Waals surface area (Å²) in [6.07, 6.45) is 1.63. The van der Waals surface area contributed by atoms with Gasteiger partial charge in [0, 0.05) is 47.2 Å².